The van der Waals surface area contributed by atoms with Gasteiger partial charge in [0.25, 0.3) is 0 Å². The van der Waals surface area contributed by atoms with Crippen molar-refractivity contribution < 1.29 is 63.1 Å². The maximum absolute atomic E-state index is 8.66. The van der Waals surface area contributed by atoms with Gasteiger partial charge < -0.3 is 63.1 Å². The molecule has 0 spiro atoms. The van der Waals surface area contributed by atoms with Gasteiger partial charge in [-0.25, -0.2) is 0 Å². The Morgan fingerprint density at radius 1 is 0.714 bits per heavy atom. The Bertz CT molecular complexity index is 56.5. The van der Waals surface area contributed by atoms with Crippen LogP contribution < -0.4 is 9.79 Å². The van der Waals surface area contributed by atoms with Crippen molar-refractivity contribution in [1.29, 1.82) is 0 Å². The molecule has 0 rings (SSSR count). The molecular formula is H17BaO12P. The Morgan fingerprint density at radius 3 is 0.714 bits per heavy atom. The van der Waals surface area contributed by atoms with Crippen molar-refractivity contribution in [3.8, 4) is 0 Å². The Hall–Kier alpha value is 1.36. The third kappa shape index (κ3) is 1100. The van der Waals surface area contributed by atoms with E-state index in [0.717, 1.165) is 0 Å². The summed E-state index contributed by atoms with van der Waals surface area (Å²) in [6.45, 7) is 0. The quantitative estimate of drug-likeness (QED) is 0.317. The number of hydrogen-bond acceptors (Lipinski definition) is 3. The number of phosphoric acid groups is 1. The average molecular weight is 377 g/mol. The van der Waals surface area contributed by atoms with Crippen molar-refractivity contribution in [2.45, 2.75) is 0 Å². The topological polar surface area (TPSA) is 335 Å². The van der Waals surface area contributed by atoms with Crippen molar-refractivity contribution in [3.63, 3.8) is 0 Å². The second kappa shape index (κ2) is 47.3. The van der Waals surface area contributed by atoms with Crippen LogP contribution in [-0.2, 0) is 4.57 Å². The fraction of sp³-hybridized carbons (Fsp3) is 0. The van der Waals surface area contributed by atoms with Gasteiger partial charge in [-0.05, 0) is 0 Å². The molecule has 0 aromatic rings. The van der Waals surface area contributed by atoms with Crippen LogP contribution in [0.5, 0.6) is 0 Å². The molecule has 0 amide bonds. The second-order valence-corrected chi connectivity index (χ2v) is 1.41. The van der Waals surface area contributed by atoms with Gasteiger partial charge in [-0.1, -0.05) is 0 Å². The molecule has 0 aromatic heterocycles. The molecule has 96 valence electrons. The Morgan fingerprint density at radius 2 is 0.714 bits per heavy atom. The molecule has 0 bridgehead atoms. The van der Waals surface area contributed by atoms with E-state index in [9.17, 15) is 0 Å². The Labute approximate surface area is 119 Å². The SMILES string of the molecule is O.O.O.O.O.O.O.O.O=P([O-])([O-])O.[Ba+2]. The zero-order chi connectivity index (χ0) is 4.50. The van der Waals surface area contributed by atoms with Crippen molar-refractivity contribution in [2.75, 3.05) is 0 Å². The fourth-order valence-corrected chi connectivity index (χ4v) is 0. The molecular weight excluding hydrogens is 360 g/mol. The summed E-state index contributed by atoms with van der Waals surface area (Å²) >= 11 is 0. The predicted molar refractivity (Wildman–Crippen MR) is 44.5 cm³/mol. The van der Waals surface area contributed by atoms with Gasteiger partial charge >= 0.3 is 48.9 Å². The number of rotatable bonds is 0. The van der Waals surface area contributed by atoms with E-state index in [0.29, 0.717) is 0 Å². The van der Waals surface area contributed by atoms with Crippen LogP contribution in [0.2, 0.25) is 0 Å². The largest absolute Gasteiger partial charge is 2.00 e. The maximum atomic E-state index is 8.66. The standard InChI is InChI=1S/Ba.H3O4P.8H2O/c;1-5(2,3)4;;;;;;;;/h;(H3,1,2,3,4);8*1H2/q+2;;;;;;;;;/p-2. The molecule has 17 N–H and O–H groups in total. The minimum absolute atomic E-state index is 0. The van der Waals surface area contributed by atoms with E-state index in [2.05, 4.69) is 0 Å². The first-order valence-corrected chi connectivity index (χ1v) is 2.24. The molecule has 0 unspecified atom stereocenters. The summed E-state index contributed by atoms with van der Waals surface area (Å²) in [7, 11) is -5.14. The van der Waals surface area contributed by atoms with Crippen LogP contribution in [-0.4, -0.2) is 97.6 Å². The van der Waals surface area contributed by atoms with Crippen molar-refractivity contribution >= 4 is 56.7 Å². The Balaban J connectivity index is -0.00000000222. The molecule has 0 saturated heterocycles. The van der Waals surface area contributed by atoms with E-state index in [1.807, 2.05) is 0 Å². The molecule has 0 atom stereocenters. The van der Waals surface area contributed by atoms with Crippen LogP contribution >= 0.6 is 7.82 Å². The second-order valence-electron chi connectivity index (χ2n) is 0.469. The van der Waals surface area contributed by atoms with Gasteiger partial charge in [0.05, 0.1) is 7.82 Å². The summed E-state index contributed by atoms with van der Waals surface area (Å²) < 4.78 is 8.66. The first kappa shape index (κ1) is 110. The monoisotopic (exact) mass is 378 g/mol. The molecule has 0 aliphatic carbocycles. The van der Waals surface area contributed by atoms with Gasteiger partial charge in [0.2, 0.25) is 0 Å². The average Bonchev–Trinajstić information content (AvgIpc) is 0.722. The van der Waals surface area contributed by atoms with Gasteiger partial charge in [0, 0.05) is 0 Å². The fourth-order valence-electron chi connectivity index (χ4n) is 0. The van der Waals surface area contributed by atoms with E-state index in [1.165, 1.54) is 0 Å². The summed E-state index contributed by atoms with van der Waals surface area (Å²) in [5.74, 6) is 0. The predicted octanol–water partition coefficient (Wildman–Crippen LogP) is -9.17. The van der Waals surface area contributed by atoms with Crippen LogP contribution in [0.3, 0.4) is 0 Å². The van der Waals surface area contributed by atoms with E-state index in [1.54, 1.807) is 0 Å². The molecule has 14 heteroatoms. The molecule has 0 saturated carbocycles. The van der Waals surface area contributed by atoms with Crippen molar-refractivity contribution in [1.82, 2.24) is 0 Å². The zero-order valence-corrected chi connectivity index (χ0v) is 12.2. The smallest absolute Gasteiger partial charge is 0.790 e. The Kier molecular flexibility index (Phi) is 372. The first-order chi connectivity index (χ1) is 2.00. The van der Waals surface area contributed by atoms with Gasteiger partial charge in [0.1, 0.15) is 0 Å². The van der Waals surface area contributed by atoms with Crippen LogP contribution in [0.15, 0.2) is 0 Å². The first-order valence-electron chi connectivity index (χ1n) is 0.748. The molecule has 0 aliphatic heterocycles. The summed E-state index contributed by atoms with van der Waals surface area (Å²) in [4.78, 5) is 24.3. The maximum Gasteiger partial charge on any atom is 2.00 e. The molecule has 0 fully saturated rings. The van der Waals surface area contributed by atoms with E-state index in [4.69, 9.17) is 19.2 Å². The molecule has 0 aromatic carbocycles. The minimum Gasteiger partial charge on any atom is -0.790 e. The van der Waals surface area contributed by atoms with Gasteiger partial charge in [-0.15, -0.1) is 0 Å². The van der Waals surface area contributed by atoms with Crippen LogP contribution in [0.4, 0.5) is 0 Å². The molecule has 0 radical (unpaired) electrons. The van der Waals surface area contributed by atoms with Gasteiger partial charge in [0.15, 0.2) is 0 Å². The van der Waals surface area contributed by atoms with Crippen LogP contribution in [0.25, 0.3) is 0 Å². The van der Waals surface area contributed by atoms with Crippen molar-refractivity contribution in [2.24, 2.45) is 0 Å². The van der Waals surface area contributed by atoms with Crippen LogP contribution in [0.1, 0.15) is 0 Å². The summed E-state index contributed by atoms with van der Waals surface area (Å²) in [5, 5.41) is 0. The molecule has 12 nitrogen and oxygen atoms in total. The van der Waals surface area contributed by atoms with E-state index in [-0.39, 0.29) is 92.7 Å². The van der Waals surface area contributed by atoms with E-state index < -0.39 is 7.82 Å². The third-order valence-corrected chi connectivity index (χ3v) is 0. The molecule has 0 aliphatic rings. The zero-order valence-electron chi connectivity index (χ0n) is 6.83. The van der Waals surface area contributed by atoms with Crippen molar-refractivity contribution in [3.05, 3.63) is 0 Å². The van der Waals surface area contributed by atoms with Crippen LogP contribution in [0, 0.1) is 0 Å². The molecule has 0 heterocycles. The van der Waals surface area contributed by atoms with Gasteiger partial charge in [-0.2, -0.15) is 0 Å². The van der Waals surface area contributed by atoms with Gasteiger partial charge in [-0.3, -0.25) is 0 Å². The minimum atomic E-state index is -5.14. The summed E-state index contributed by atoms with van der Waals surface area (Å²) in [6.07, 6.45) is 0. The summed E-state index contributed by atoms with van der Waals surface area (Å²) in [6, 6.07) is 0. The normalized spacial score (nSPS) is 4.21. The molecule has 14 heavy (non-hydrogen) atoms. The summed E-state index contributed by atoms with van der Waals surface area (Å²) in [5.41, 5.74) is 0. The third-order valence-electron chi connectivity index (χ3n) is 0. The number of hydrogen-bond donors (Lipinski definition) is 1. The van der Waals surface area contributed by atoms with E-state index >= 15 is 0 Å².